The summed E-state index contributed by atoms with van der Waals surface area (Å²) in [5.41, 5.74) is 0. The molecule has 1 aliphatic rings. The van der Waals surface area contributed by atoms with Crippen LogP contribution in [-0.2, 0) is 19.2 Å². The van der Waals surface area contributed by atoms with Crippen molar-refractivity contribution in [1.82, 2.24) is 16.0 Å². The van der Waals surface area contributed by atoms with E-state index in [2.05, 4.69) is 25.9 Å². The zero-order valence-corrected chi connectivity index (χ0v) is 11.9. The van der Waals surface area contributed by atoms with Crippen molar-refractivity contribution < 1.29 is 24.3 Å². The third-order valence-corrected chi connectivity index (χ3v) is 2.62. The van der Waals surface area contributed by atoms with E-state index in [-0.39, 0.29) is 24.9 Å². The number of carbonyl (C=O) groups is 4. The Morgan fingerprint density at radius 3 is 2.50 bits per heavy atom. The molecule has 1 unspecified atom stereocenters. The molecule has 1 heterocycles. The molecular weight excluding hydrogens is 294 g/mol. The second-order valence-corrected chi connectivity index (χ2v) is 4.51. The van der Waals surface area contributed by atoms with Gasteiger partial charge >= 0.3 is 5.97 Å². The van der Waals surface area contributed by atoms with E-state index in [0.29, 0.717) is 0 Å². The van der Waals surface area contributed by atoms with Gasteiger partial charge in [0.25, 0.3) is 0 Å². The zero-order valence-electron chi connectivity index (χ0n) is 11.9. The lowest BCUT2D eigenvalue weighted by atomic mass is 10.1. The predicted octanol–water partition coefficient (Wildman–Crippen LogP) is -2.32. The summed E-state index contributed by atoms with van der Waals surface area (Å²) in [5, 5.41) is 15.5. The first-order chi connectivity index (χ1) is 10.4. The largest absolute Gasteiger partial charge is 0.480 e. The predicted molar refractivity (Wildman–Crippen MR) is 76.6 cm³/mol. The van der Waals surface area contributed by atoms with Gasteiger partial charge in [0.15, 0.2) is 0 Å². The molecule has 0 aliphatic carbocycles. The lowest BCUT2D eigenvalue weighted by Gasteiger charge is -2.19. The highest BCUT2D eigenvalue weighted by molar-refractivity contribution is 5.92. The van der Waals surface area contributed by atoms with Crippen LogP contribution in [0, 0.1) is 0 Å². The molecule has 3 amide bonds. The van der Waals surface area contributed by atoms with Crippen molar-refractivity contribution in [3.8, 4) is 0 Å². The highest BCUT2D eigenvalue weighted by Crippen LogP contribution is 2.04. The smallest absolute Gasteiger partial charge is 0.322 e. The van der Waals surface area contributed by atoms with Crippen LogP contribution in [0.4, 0.5) is 0 Å². The Bertz CT molecular complexity index is 504. The fourth-order valence-electron chi connectivity index (χ4n) is 1.63. The summed E-state index contributed by atoms with van der Waals surface area (Å²) in [5.74, 6) is -2.79. The molecule has 10 heteroatoms. The van der Waals surface area contributed by atoms with Crippen LogP contribution in [0.3, 0.4) is 0 Å². The van der Waals surface area contributed by atoms with Crippen LogP contribution in [0.1, 0.15) is 13.3 Å². The van der Waals surface area contributed by atoms with Crippen molar-refractivity contribution in [2.45, 2.75) is 25.4 Å². The van der Waals surface area contributed by atoms with Gasteiger partial charge in [-0.15, -0.1) is 0 Å². The summed E-state index contributed by atoms with van der Waals surface area (Å²) in [6.45, 7) is 0.424. The third-order valence-electron chi connectivity index (χ3n) is 2.62. The quantitative estimate of drug-likeness (QED) is 0.397. The van der Waals surface area contributed by atoms with E-state index in [1.54, 1.807) is 0 Å². The molecule has 10 nitrogen and oxygen atoms in total. The number of nitrogens with one attached hydrogen (secondary N) is 3. The first-order valence-electron chi connectivity index (χ1n) is 6.46. The zero-order chi connectivity index (χ0) is 16.5. The monoisotopic (exact) mass is 311 g/mol. The Morgan fingerprint density at radius 1 is 1.23 bits per heavy atom. The molecule has 120 valence electrons. The van der Waals surface area contributed by atoms with Gasteiger partial charge in [-0.1, -0.05) is 0 Å². The second-order valence-electron chi connectivity index (χ2n) is 4.51. The molecule has 0 aromatic carbocycles. The summed E-state index contributed by atoms with van der Waals surface area (Å²) >= 11 is 0. The van der Waals surface area contributed by atoms with Crippen LogP contribution < -0.4 is 16.0 Å². The van der Waals surface area contributed by atoms with E-state index in [1.165, 1.54) is 19.5 Å². The Kier molecular flexibility index (Phi) is 6.67. The molecule has 2 atom stereocenters. The van der Waals surface area contributed by atoms with Gasteiger partial charge in [0.2, 0.25) is 17.7 Å². The van der Waals surface area contributed by atoms with Crippen molar-refractivity contribution in [3.05, 3.63) is 0 Å². The lowest BCUT2D eigenvalue weighted by Crippen LogP contribution is -2.51. The molecule has 1 rings (SSSR count). The maximum Gasteiger partial charge on any atom is 0.322 e. The minimum atomic E-state index is -1.20. The van der Waals surface area contributed by atoms with Crippen LogP contribution >= 0.6 is 0 Å². The fraction of sp³-hybridized carbons (Fsp3) is 0.500. The summed E-state index contributed by atoms with van der Waals surface area (Å²) in [4.78, 5) is 52.6. The molecule has 0 bridgehead atoms. The molecular formula is C12H17N5O5. The molecule has 0 spiro atoms. The first kappa shape index (κ1) is 17.3. The summed E-state index contributed by atoms with van der Waals surface area (Å²) in [7, 11) is 0. The van der Waals surface area contributed by atoms with Gasteiger partial charge in [0, 0.05) is 19.6 Å². The standard InChI is InChI=1S/C12H17N5O5/c1-7(18)14-4-10(19)17-9(2-8-3-13-6-16-8)12(22)15-5-11(20)21/h3,6,8-9H,2,4-5H2,1H3,(H,14,18)(H,15,22)(H,17,19)(H,20,21)/t8?,9-/m0/s1. The summed E-state index contributed by atoms with van der Waals surface area (Å²) < 4.78 is 0. The fourth-order valence-corrected chi connectivity index (χ4v) is 1.63. The lowest BCUT2D eigenvalue weighted by molar-refractivity contribution is -0.138. The maximum atomic E-state index is 11.9. The normalized spacial score (nSPS) is 16.9. The van der Waals surface area contributed by atoms with E-state index in [1.807, 2.05) is 0 Å². The minimum absolute atomic E-state index is 0.136. The van der Waals surface area contributed by atoms with Crippen LogP contribution in [0.2, 0.25) is 0 Å². The first-order valence-corrected chi connectivity index (χ1v) is 6.46. The number of amides is 3. The van der Waals surface area contributed by atoms with Gasteiger partial charge in [-0.05, 0) is 0 Å². The number of aliphatic imine (C=N–C) groups is 2. The highest BCUT2D eigenvalue weighted by Gasteiger charge is 2.25. The maximum absolute atomic E-state index is 11.9. The van der Waals surface area contributed by atoms with E-state index in [9.17, 15) is 19.2 Å². The molecule has 0 aromatic heterocycles. The van der Waals surface area contributed by atoms with Gasteiger partial charge in [0.05, 0.1) is 12.6 Å². The van der Waals surface area contributed by atoms with Crippen molar-refractivity contribution in [2.24, 2.45) is 9.98 Å². The summed E-state index contributed by atoms with van der Waals surface area (Å²) in [6.07, 6.45) is 2.98. The van der Waals surface area contributed by atoms with E-state index in [4.69, 9.17) is 5.11 Å². The van der Waals surface area contributed by atoms with Crippen molar-refractivity contribution in [1.29, 1.82) is 0 Å². The van der Waals surface area contributed by atoms with Gasteiger partial charge < -0.3 is 21.1 Å². The number of carboxylic acids is 1. The Morgan fingerprint density at radius 2 is 1.95 bits per heavy atom. The molecule has 4 N–H and O–H groups in total. The number of carbonyl (C=O) groups excluding carboxylic acids is 3. The molecule has 0 saturated carbocycles. The van der Waals surface area contributed by atoms with Gasteiger partial charge in [-0.25, -0.2) is 4.99 Å². The summed E-state index contributed by atoms with van der Waals surface area (Å²) in [6, 6.07) is -1.35. The van der Waals surface area contributed by atoms with Crippen LogP contribution in [-0.4, -0.2) is 66.5 Å². The number of carboxylic acid groups (broad SMARTS) is 1. The minimum Gasteiger partial charge on any atom is -0.480 e. The number of aliphatic carboxylic acids is 1. The van der Waals surface area contributed by atoms with Crippen LogP contribution in [0.5, 0.6) is 0 Å². The van der Waals surface area contributed by atoms with Crippen molar-refractivity contribution in [2.75, 3.05) is 13.1 Å². The van der Waals surface area contributed by atoms with Crippen molar-refractivity contribution >= 4 is 36.2 Å². The Labute approximate surface area is 126 Å². The third kappa shape index (κ3) is 6.59. The molecule has 22 heavy (non-hydrogen) atoms. The molecule has 0 radical (unpaired) electrons. The van der Waals surface area contributed by atoms with Gasteiger partial charge in [-0.2, -0.15) is 0 Å². The number of nitrogens with zero attached hydrogens (tertiary/aromatic N) is 2. The number of rotatable bonds is 8. The van der Waals surface area contributed by atoms with E-state index >= 15 is 0 Å². The Balaban J connectivity index is 2.59. The SMILES string of the molecule is CC(=O)NCC(=O)N[C@@H](CC1C=NC=N1)C(=O)NCC(=O)O. The Hall–Kier alpha value is -2.78. The topological polar surface area (TPSA) is 149 Å². The van der Waals surface area contributed by atoms with Crippen molar-refractivity contribution in [3.63, 3.8) is 0 Å². The average Bonchev–Trinajstić information content (AvgIpc) is 2.94. The average molecular weight is 311 g/mol. The molecule has 0 saturated heterocycles. The molecule has 0 aromatic rings. The van der Waals surface area contributed by atoms with E-state index in [0.717, 1.165) is 0 Å². The molecule has 1 aliphatic heterocycles. The highest BCUT2D eigenvalue weighted by atomic mass is 16.4. The molecule has 0 fully saturated rings. The van der Waals surface area contributed by atoms with Crippen LogP contribution in [0.25, 0.3) is 0 Å². The van der Waals surface area contributed by atoms with Crippen LogP contribution in [0.15, 0.2) is 9.98 Å². The number of hydrogen-bond donors (Lipinski definition) is 4. The van der Waals surface area contributed by atoms with Gasteiger partial charge in [-0.3, -0.25) is 24.2 Å². The van der Waals surface area contributed by atoms with E-state index < -0.39 is 30.4 Å². The van der Waals surface area contributed by atoms with Gasteiger partial charge in [0.1, 0.15) is 18.9 Å². The second kappa shape index (κ2) is 8.49. The number of hydrogen-bond acceptors (Lipinski definition) is 6.